The molecule has 68 valence electrons. The maximum Gasteiger partial charge on any atom is 0.189 e. The van der Waals surface area contributed by atoms with E-state index in [4.69, 9.17) is 5.73 Å². The highest BCUT2D eigenvalue weighted by Crippen LogP contribution is 2.20. The van der Waals surface area contributed by atoms with E-state index in [0.717, 1.165) is 10.9 Å². The van der Waals surface area contributed by atoms with Crippen LogP contribution in [0.15, 0.2) is 24.4 Å². The molecule has 0 aliphatic heterocycles. The second kappa shape index (κ2) is 2.73. The summed E-state index contributed by atoms with van der Waals surface area (Å²) in [7, 11) is 0. The summed E-state index contributed by atoms with van der Waals surface area (Å²) in [5.74, 6) is 0. The number of rotatable bonds is 1. The number of benzene rings is 1. The Morgan fingerprint density at radius 1 is 1.54 bits per heavy atom. The molecule has 2 rings (SSSR count). The Morgan fingerprint density at radius 2 is 2.31 bits per heavy atom. The molecule has 2 aromatic rings. The van der Waals surface area contributed by atoms with Crippen LogP contribution in [0, 0.1) is 0 Å². The van der Waals surface area contributed by atoms with Crippen LogP contribution < -0.4 is 5.73 Å². The Bertz CT molecular complexity index is 433. The number of nitrogens with two attached hydrogens (primary N) is 1. The van der Waals surface area contributed by atoms with Crippen molar-refractivity contribution in [1.82, 2.24) is 9.78 Å². The molecule has 3 nitrogen and oxygen atoms in total. The van der Waals surface area contributed by atoms with Gasteiger partial charge in [-0.1, -0.05) is 0 Å². The molecular weight excluding hydrogens is 169 g/mol. The van der Waals surface area contributed by atoms with Crippen molar-refractivity contribution in [2.45, 2.75) is 13.2 Å². The van der Waals surface area contributed by atoms with Crippen LogP contribution in [0.2, 0.25) is 0 Å². The fourth-order valence-corrected chi connectivity index (χ4v) is 1.36. The minimum atomic E-state index is -1.11. The Hall–Kier alpha value is -1.58. The lowest BCUT2D eigenvalue weighted by atomic mass is 10.2. The molecule has 2 N–H and O–H groups in total. The smallest absolute Gasteiger partial charge is 0.189 e. The van der Waals surface area contributed by atoms with E-state index in [1.54, 1.807) is 24.4 Å². The SMILES string of the molecule is CC(F)n1ncc2cc(N)ccc21. The van der Waals surface area contributed by atoms with Crippen molar-refractivity contribution in [3.63, 3.8) is 0 Å². The van der Waals surface area contributed by atoms with Gasteiger partial charge in [0.25, 0.3) is 0 Å². The molecular formula is C9H10FN3. The average molecular weight is 179 g/mol. The summed E-state index contributed by atoms with van der Waals surface area (Å²) in [5.41, 5.74) is 7.01. The molecule has 0 radical (unpaired) electrons. The first kappa shape index (κ1) is 8.04. The van der Waals surface area contributed by atoms with Gasteiger partial charge >= 0.3 is 0 Å². The number of hydrogen-bond donors (Lipinski definition) is 1. The van der Waals surface area contributed by atoms with Gasteiger partial charge in [0.2, 0.25) is 0 Å². The van der Waals surface area contributed by atoms with Gasteiger partial charge in [0.05, 0.1) is 11.7 Å². The highest BCUT2D eigenvalue weighted by atomic mass is 19.1. The van der Waals surface area contributed by atoms with Crippen molar-refractivity contribution in [1.29, 1.82) is 0 Å². The van der Waals surface area contributed by atoms with Crippen molar-refractivity contribution in [2.24, 2.45) is 0 Å². The zero-order chi connectivity index (χ0) is 9.42. The van der Waals surface area contributed by atoms with Crippen LogP contribution in [0.4, 0.5) is 10.1 Å². The minimum Gasteiger partial charge on any atom is -0.399 e. The van der Waals surface area contributed by atoms with E-state index in [1.807, 2.05) is 0 Å². The second-order valence-corrected chi connectivity index (χ2v) is 2.98. The summed E-state index contributed by atoms with van der Waals surface area (Å²) in [5, 5.41) is 4.79. The third-order valence-electron chi connectivity index (χ3n) is 1.96. The van der Waals surface area contributed by atoms with Gasteiger partial charge in [-0.25, -0.2) is 9.07 Å². The molecule has 1 aromatic carbocycles. The standard InChI is InChI=1S/C9H10FN3/c1-6(10)13-9-3-2-8(11)4-7(9)5-12-13/h2-6H,11H2,1H3. The third kappa shape index (κ3) is 1.24. The van der Waals surface area contributed by atoms with Crippen molar-refractivity contribution in [3.8, 4) is 0 Å². The molecule has 0 bridgehead atoms. The first-order chi connectivity index (χ1) is 6.18. The summed E-state index contributed by atoms with van der Waals surface area (Å²) in [4.78, 5) is 0. The maximum absolute atomic E-state index is 13.0. The predicted molar refractivity (Wildman–Crippen MR) is 50.0 cm³/mol. The molecule has 13 heavy (non-hydrogen) atoms. The summed E-state index contributed by atoms with van der Waals surface area (Å²) < 4.78 is 14.3. The van der Waals surface area contributed by atoms with Crippen molar-refractivity contribution < 1.29 is 4.39 Å². The molecule has 4 heteroatoms. The minimum absolute atomic E-state index is 0.665. The molecule has 1 heterocycles. The zero-order valence-corrected chi connectivity index (χ0v) is 7.24. The Labute approximate surface area is 75.0 Å². The summed E-state index contributed by atoms with van der Waals surface area (Å²) in [6, 6.07) is 5.29. The monoisotopic (exact) mass is 179 g/mol. The van der Waals surface area contributed by atoms with Gasteiger partial charge in [0.1, 0.15) is 0 Å². The van der Waals surface area contributed by atoms with Crippen LogP contribution >= 0.6 is 0 Å². The lowest BCUT2D eigenvalue weighted by molar-refractivity contribution is 0.253. The van der Waals surface area contributed by atoms with Crippen LogP contribution in [-0.2, 0) is 0 Å². The highest BCUT2D eigenvalue weighted by Gasteiger charge is 2.07. The Balaban J connectivity index is 2.69. The van der Waals surface area contributed by atoms with Crippen molar-refractivity contribution in [2.75, 3.05) is 5.73 Å². The number of fused-ring (bicyclic) bond motifs is 1. The van der Waals surface area contributed by atoms with Crippen LogP contribution in [-0.4, -0.2) is 9.78 Å². The lowest BCUT2D eigenvalue weighted by Gasteiger charge is -2.03. The topological polar surface area (TPSA) is 43.8 Å². The van der Waals surface area contributed by atoms with Crippen LogP contribution in [0.1, 0.15) is 13.2 Å². The Kier molecular flexibility index (Phi) is 1.69. The maximum atomic E-state index is 13.0. The molecule has 1 aromatic heterocycles. The number of aromatic nitrogens is 2. The van der Waals surface area contributed by atoms with Gasteiger partial charge in [0, 0.05) is 11.1 Å². The third-order valence-corrected chi connectivity index (χ3v) is 1.96. The molecule has 1 atom stereocenters. The van der Waals surface area contributed by atoms with E-state index in [0.29, 0.717) is 5.69 Å². The van der Waals surface area contributed by atoms with Gasteiger partial charge in [0.15, 0.2) is 6.30 Å². The fraction of sp³-hybridized carbons (Fsp3) is 0.222. The van der Waals surface area contributed by atoms with Gasteiger partial charge in [-0.05, 0) is 25.1 Å². The molecule has 0 fully saturated rings. The van der Waals surface area contributed by atoms with Gasteiger partial charge in [-0.15, -0.1) is 0 Å². The molecule has 0 aliphatic rings. The molecule has 0 amide bonds. The van der Waals surface area contributed by atoms with E-state index in [-0.39, 0.29) is 0 Å². The van der Waals surface area contributed by atoms with E-state index in [2.05, 4.69) is 5.10 Å². The van der Waals surface area contributed by atoms with Gasteiger partial charge in [-0.2, -0.15) is 5.10 Å². The molecule has 0 aliphatic carbocycles. The fourth-order valence-electron chi connectivity index (χ4n) is 1.36. The van der Waals surface area contributed by atoms with E-state index in [9.17, 15) is 4.39 Å². The van der Waals surface area contributed by atoms with Crippen LogP contribution in [0.3, 0.4) is 0 Å². The normalized spacial score (nSPS) is 13.4. The summed E-state index contributed by atoms with van der Waals surface area (Å²) in [6.07, 6.45) is 0.503. The van der Waals surface area contributed by atoms with E-state index >= 15 is 0 Å². The number of halogens is 1. The Morgan fingerprint density at radius 3 is 3.00 bits per heavy atom. The summed E-state index contributed by atoms with van der Waals surface area (Å²) >= 11 is 0. The number of anilines is 1. The number of alkyl halides is 1. The van der Waals surface area contributed by atoms with Gasteiger partial charge in [-0.3, -0.25) is 0 Å². The van der Waals surface area contributed by atoms with Crippen LogP contribution in [0.25, 0.3) is 10.9 Å². The van der Waals surface area contributed by atoms with E-state index < -0.39 is 6.30 Å². The predicted octanol–water partition coefficient (Wildman–Crippen LogP) is 2.11. The summed E-state index contributed by atoms with van der Waals surface area (Å²) in [6.45, 7) is 1.45. The first-order valence-electron chi connectivity index (χ1n) is 4.05. The zero-order valence-electron chi connectivity index (χ0n) is 7.24. The number of hydrogen-bond acceptors (Lipinski definition) is 2. The van der Waals surface area contributed by atoms with Crippen molar-refractivity contribution in [3.05, 3.63) is 24.4 Å². The van der Waals surface area contributed by atoms with E-state index in [1.165, 1.54) is 11.6 Å². The second-order valence-electron chi connectivity index (χ2n) is 2.98. The molecule has 0 spiro atoms. The molecule has 1 unspecified atom stereocenters. The van der Waals surface area contributed by atoms with Crippen molar-refractivity contribution >= 4 is 16.6 Å². The lowest BCUT2D eigenvalue weighted by Crippen LogP contribution is -2.00. The quantitative estimate of drug-likeness (QED) is 0.681. The molecule has 0 saturated carbocycles. The highest BCUT2D eigenvalue weighted by molar-refractivity contribution is 5.81. The van der Waals surface area contributed by atoms with Crippen LogP contribution in [0.5, 0.6) is 0 Å². The largest absolute Gasteiger partial charge is 0.399 e. The molecule has 0 saturated heterocycles. The first-order valence-corrected chi connectivity index (χ1v) is 4.05. The average Bonchev–Trinajstić information content (AvgIpc) is 2.46. The number of nitrogen functional groups attached to an aromatic ring is 1. The van der Waals surface area contributed by atoms with Gasteiger partial charge < -0.3 is 5.73 Å². The number of nitrogens with zero attached hydrogens (tertiary/aromatic N) is 2.